The predicted octanol–water partition coefficient (Wildman–Crippen LogP) is 5.34. The molecule has 0 unspecified atom stereocenters. The van der Waals surface area contributed by atoms with Crippen LogP contribution in [-0.4, -0.2) is 12.5 Å². The molecule has 30 heavy (non-hydrogen) atoms. The van der Waals surface area contributed by atoms with Gasteiger partial charge in [-0.3, -0.25) is 4.79 Å². The smallest absolute Gasteiger partial charge is 0.267 e. The van der Waals surface area contributed by atoms with E-state index in [9.17, 15) is 10.1 Å². The lowest BCUT2D eigenvalue weighted by Gasteiger charge is -2.08. The first kappa shape index (κ1) is 20.5. The zero-order valence-electron chi connectivity index (χ0n) is 16.5. The van der Waals surface area contributed by atoms with Crippen molar-refractivity contribution in [2.45, 2.75) is 6.92 Å². The Bertz CT molecular complexity index is 1040. The quantitative estimate of drug-likeness (QED) is 0.395. The maximum atomic E-state index is 12.4. The lowest BCUT2D eigenvalue weighted by Crippen LogP contribution is -2.14. The Morgan fingerprint density at radius 3 is 2.13 bits per heavy atom. The Kier molecular flexibility index (Phi) is 7.07. The third kappa shape index (κ3) is 5.88. The van der Waals surface area contributed by atoms with E-state index in [-0.39, 0.29) is 5.57 Å². The van der Waals surface area contributed by atoms with E-state index in [0.717, 1.165) is 17.2 Å². The molecule has 0 bridgehead atoms. The van der Waals surface area contributed by atoms with Gasteiger partial charge < -0.3 is 20.1 Å². The highest BCUT2D eigenvalue weighted by Crippen LogP contribution is 2.23. The highest BCUT2D eigenvalue weighted by molar-refractivity contribution is 6.06. The molecule has 0 aliphatic heterocycles. The number of para-hydroxylation sites is 1. The molecule has 3 aromatic rings. The van der Waals surface area contributed by atoms with Crippen LogP contribution < -0.4 is 20.1 Å². The molecule has 0 aliphatic carbocycles. The normalized spacial score (nSPS) is 10.6. The molecule has 0 saturated carbocycles. The van der Waals surface area contributed by atoms with Gasteiger partial charge in [-0.05, 0) is 67.6 Å². The van der Waals surface area contributed by atoms with Crippen molar-refractivity contribution < 1.29 is 14.3 Å². The molecule has 1 amide bonds. The highest BCUT2D eigenvalue weighted by Gasteiger charge is 2.09. The van der Waals surface area contributed by atoms with Gasteiger partial charge in [-0.15, -0.1) is 0 Å². The zero-order chi connectivity index (χ0) is 21.2. The molecule has 6 heteroatoms. The molecule has 0 heterocycles. The number of nitriles is 1. The van der Waals surface area contributed by atoms with E-state index in [4.69, 9.17) is 9.47 Å². The second-order valence-corrected chi connectivity index (χ2v) is 6.17. The Morgan fingerprint density at radius 2 is 1.50 bits per heavy atom. The summed E-state index contributed by atoms with van der Waals surface area (Å²) in [5, 5.41) is 15.0. The van der Waals surface area contributed by atoms with Gasteiger partial charge in [-0.25, -0.2) is 0 Å². The van der Waals surface area contributed by atoms with Crippen molar-refractivity contribution in [1.82, 2.24) is 0 Å². The standard InChI is InChI=1S/C24H21N3O3/c1-2-29-21-12-8-19(9-13-21)26-17-18(16-25)24(28)27-20-10-14-23(15-11-20)30-22-6-4-3-5-7-22/h3-15,17,26H,2H2,1H3,(H,27,28)/b18-17-. The second kappa shape index (κ2) is 10.3. The third-order valence-electron chi connectivity index (χ3n) is 4.00. The molecule has 0 aromatic heterocycles. The minimum atomic E-state index is -0.507. The number of ether oxygens (including phenoxy) is 2. The topological polar surface area (TPSA) is 83.4 Å². The summed E-state index contributed by atoms with van der Waals surface area (Å²) < 4.78 is 11.1. The van der Waals surface area contributed by atoms with Crippen molar-refractivity contribution in [3.8, 4) is 23.3 Å². The monoisotopic (exact) mass is 399 g/mol. The predicted molar refractivity (Wildman–Crippen MR) is 117 cm³/mol. The maximum absolute atomic E-state index is 12.4. The number of amides is 1. The van der Waals surface area contributed by atoms with E-state index in [2.05, 4.69) is 10.6 Å². The molecule has 6 nitrogen and oxygen atoms in total. The fourth-order valence-electron chi connectivity index (χ4n) is 2.55. The molecule has 3 rings (SSSR count). The summed E-state index contributed by atoms with van der Waals surface area (Å²) >= 11 is 0. The van der Waals surface area contributed by atoms with Crippen LogP contribution in [0, 0.1) is 11.3 Å². The van der Waals surface area contributed by atoms with Crippen LogP contribution >= 0.6 is 0 Å². The number of anilines is 2. The van der Waals surface area contributed by atoms with Gasteiger partial charge in [0.2, 0.25) is 0 Å². The van der Waals surface area contributed by atoms with Gasteiger partial charge in [-0.2, -0.15) is 5.26 Å². The van der Waals surface area contributed by atoms with Crippen LogP contribution in [0.2, 0.25) is 0 Å². The summed E-state index contributed by atoms with van der Waals surface area (Å²) in [5.74, 6) is 1.62. The lowest BCUT2D eigenvalue weighted by atomic mass is 10.2. The third-order valence-corrected chi connectivity index (χ3v) is 4.00. The first-order chi connectivity index (χ1) is 14.7. The number of carbonyl (C=O) groups excluding carboxylic acids is 1. The molecule has 3 aromatic carbocycles. The summed E-state index contributed by atoms with van der Waals surface area (Å²) in [6.07, 6.45) is 1.37. The summed E-state index contributed by atoms with van der Waals surface area (Å²) in [7, 11) is 0. The van der Waals surface area contributed by atoms with Crippen LogP contribution in [0.4, 0.5) is 11.4 Å². The van der Waals surface area contributed by atoms with Crippen molar-refractivity contribution >= 4 is 17.3 Å². The molecule has 0 saturated heterocycles. The number of hydrogen-bond donors (Lipinski definition) is 2. The van der Waals surface area contributed by atoms with Crippen molar-refractivity contribution in [1.29, 1.82) is 5.26 Å². The van der Waals surface area contributed by atoms with Gasteiger partial charge >= 0.3 is 0 Å². The van der Waals surface area contributed by atoms with E-state index in [1.165, 1.54) is 6.20 Å². The number of nitrogens with one attached hydrogen (secondary N) is 2. The molecular formula is C24H21N3O3. The molecule has 0 fully saturated rings. The first-order valence-electron chi connectivity index (χ1n) is 9.42. The van der Waals surface area contributed by atoms with Crippen LogP contribution in [-0.2, 0) is 4.79 Å². The minimum absolute atomic E-state index is 0.0477. The Hall–Kier alpha value is -4.24. The van der Waals surface area contributed by atoms with Crippen LogP contribution in [0.15, 0.2) is 90.6 Å². The van der Waals surface area contributed by atoms with Gasteiger partial charge in [0.15, 0.2) is 0 Å². The minimum Gasteiger partial charge on any atom is -0.494 e. The van der Waals surface area contributed by atoms with Crippen LogP contribution in [0.1, 0.15) is 6.92 Å². The van der Waals surface area contributed by atoms with E-state index in [1.54, 1.807) is 36.4 Å². The molecule has 150 valence electrons. The molecule has 0 spiro atoms. The van der Waals surface area contributed by atoms with Crippen molar-refractivity contribution in [3.05, 3.63) is 90.6 Å². The van der Waals surface area contributed by atoms with E-state index >= 15 is 0 Å². The first-order valence-corrected chi connectivity index (χ1v) is 9.42. The summed E-state index contributed by atoms with van der Waals surface area (Å²) in [4.78, 5) is 12.4. The summed E-state index contributed by atoms with van der Waals surface area (Å²) in [6.45, 7) is 2.50. The second-order valence-electron chi connectivity index (χ2n) is 6.17. The summed E-state index contributed by atoms with van der Waals surface area (Å²) in [6, 6.07) is 25.5. The summed E-state index contributed by atoms with van der Waals surface area (Å²) in [5.41, 5.74) is 1.25. The molecule has 0 aliphatic rings. The molecule has 0 atom stereocenters. The lowest BCUT2D eigenvalue weighted by molar-refractivity contribution is -0.112. The van der Waals surface area contributed by atoms with Crippen molar-refractivity contribution in [2.24, 2.45) is 0 Å². The number of benzene rings is 3. The van der Waals surface area contributed by atoms with E-state index in [1.807, 2.05) is 55.5 Å². The van der Waals surface area contributed by atoms with E-state index in [0.29, 0.717) is 18.0 Å². The van der Waals surface area contributed by atoms with E-state index < -0.39 is 5.91 Å². The zero-order valence-corrected chi connectivity index (χ0v) is 16.5. The van der Waals surface area contributed by atoms with Crippen molar-refractivity contribution in [3.63, 3.8) is 0 Å². The number of hydrogen-bond acceptors (Lipinski definition) is 5. The Morgan fingerprint density at radius 1 is 0.900 bits per heavy atom. The van der Waals surface area contributed by atoms with Gasteiger partial charge in [0.25, 0.3) is 5.91 Å². The van der Waals surface area contributed by atoms with Gasteiger partial charge in [0.1, 0.15) is 28.9 Å². The highest BCUT2D eigenvalue weighted by atomic mass is 16.5. The SMILES string of the molecule is CCOc1ccc(N/C=C(/C#N)C(=O)Nc2ccc(Oc3ccccc3)cc2)cc1. The van der Waals surface area contributed by atoms with Gasteiger partial charge in [0, 0.05) is 17.6 Å². The fraction of sp³-hybridized carbons (Fsp3) is 0.0833. The number of nitrogens with zero attached hydrogens (tertiary/aromatic N) is 1. The Labute approximate surface area is 175 Å². The maximum Gasteiger partial charge on any atom is 0.267 e. The number of carbonyl (C=O) groups is 1. The van der Waals surface area contributed by atoms with Crippen molar-refractivity contribution in [2.75, 3.05) is 17.2 Å². The average Bonchev–Trinajstić information content (AvgIpc) is 2.77. The molecule has 2 N–H and O–H groups in total. The van der Waals surface area contributed by atoms with Crippen LogP contribution in [0.25, 0.3) is 0 Å². The fourth-order valence-corrected chi connectivity index (χ4v) is 2.55. The number of rotatable bonds is 8. The average molecular weight is 399 g/mol. The molecular weight excluding hydrogens is 378 g/mol. The van der Waals surface area contributed by atoms with Gasteiger partial charge in [0.05, 0.1) is 6.61 Å². The van der Waals surface area contributed by atoms with Crippen LogP contribution in [0.5, 0.6) is 17.2 Å². The van der Waals surface area contributed by atoms with Gasteiger partial charge in [-0.1, -0.05) is 18.2 Å². The largest absolute Gasteiger partial charge is 0.494 e. The molecule has 0 radical (unpaired) electrons. The Balaban J connectivity index is 1.59. The van der Waals surface area contributed by atoms with Crippen LogP contribution in [0.3, 0.4) is 0 Å².